The lowest BCUT2D eigenvalue weighted by Gasteiger charge is -2.13. The second-order valence-electron chi connectivity index (χ2n) is 3.79. The molecule has 0 unspecified atom stereocenters. The van der Waals surface area contributed by atoms with Gasteiger partial charge in [-0.2, -0.15) is 0 Å². The summed E-state index contributed by atoms with van der Waals surface area (Å²) in [5, 5.41) is 0. The zero-order valence-electron chi connectivity index (χ0n) is 11.1. The van der Waals surface area contributed by atoms with Gasteiger partial charge in [0.1, 0.15) is 11.5 Å². The van der Waals surface area contributed by atoms with E-state index in [1.54, 1.807) is 60.7 Å². The van der Waals surface area contributed by atoms with Gasteiger partial charge in [-0.25, -0.2) is 9.13 Å². The predicted octanol–water partition coefficient (Wildman–Crippen LogP) is 2.32. The molecule has 120 valence electrons. The highest BCUT2D eigenvalue weighted by Crippen LogP contribution is 2.44. The fourth-order valence-electron chi connectivity index (χ4n) is 1.25. The molecule has 0 bridgehead atoms. The van der Waals surface area contributed by atoms with E-state index >= 15 is 0 Å². The third-order valence-electron chi connectivity index (χ3n) is 1.93. The Bertz CT molecular complexity index is 602. The number of hydrogen-bond acceptors (Lipinski definition) is 4. The van der Waals surface area contributed by atoms with Gasteiger partial charge in [0.2, 0.25) is 0 Å². The number of phosphoric ester groups is 1. The van der Waals surface area contributed by atoms with Crippen molar-refractivity contribution in [2.75, 3.05) is 0 Å². The molecule has 8 nitrogen and oxygen atoms in total. The monoisotopic (exact) mass is 348 g/mol. The third-order valence-corrected chi connectivity index (χ3v) is 2.81. The van der Waals surface area contributed by atoms with Gasteiger partial charge in [0.05, 0.1) is 0 Å². The fourth-order valence-corrected chi connectivity index (χ4v) is 2.06. The summed E-state index contributed by atoms with van der Waals surface area (Å²) in [5.74, 6) is 0.573. The van der Waals surface area contributed by atoms with Crippen molar-refractivity contribution in [3.63, 3.8) is 0 Å². The Labute approximate surface area is 126 Å². The Hall–Kier alpha value is -1.66. The smallest absolute Gasteiger partial charge is 0.395 e. The van der Waals surface area contributed by atoms with E-state index in [1.165, 1.54) is 0 Å². The summed E-state index contributed by atoms with van der Waals surface area (Å²) in [4.78, 5) is 31.1. The molecular formula is C12H14O8P2. The van der Waals surface area contributed by atoms with E-state index in [9.17, 15) is 9.46 Å². The van der Waals surface area contributed by atoms with Crippen LogP contribution < -0.4 is 9.05 Å². The van der Waals surface area contributed by atoms with Crippen molar-refractivity contribution in [1.82, 2.24) is 0 Å². The number of rotatable bonds is 4. The van der Waals surface area contributed by atoms with Gasteiger partial charge in [-0.1, -0.05) is 36.4 Å². The minimum atomic E-state index is -4.64. The highest BCUT2D eigenvalue weighted by molar-refractivity contribution is 7.48. The molecule has 0 aliphatic heterocycles. The number of benzene rings is 2. The average Bonchev–Trinajstić information content (AvgIpc) is 2.38. The van der Waals surface area contributed by atoms with Gasteiger partial charge in [0.25, 0.3) is 0 Å². The summed E-state index contributed by atoms with van der Waals surface area (Å²) >= 11 is 0. The van der Waals surface area contributed by atoms with Crippen molar-refractivity contribution < 1.29 is 37.8 Å². The fraction of sp³-hybridized carbons (Fsp3) is 0. The summed E-state index contributed by atoms with van der Waals surface area (Å²) in [5.41, 5.74) is 0. The Kier molecular flexibility index (Phi) is 6.77. The highest BCUT2D eigenvalue weighted by atomic mass is 31.2. The molecule has 0 aliphatic carbocycles. The van der Waals surface area contributed by atoms with Gasteiger partial charge in [-0.3, -0.25) is 4.89 Å². The van der Waals surface area contributed by atoms with Crippen molar-refractivity contribution in [2.45, 2.75) is 0 Å². The molecule has 0 fully saturated rings. The van der Waals surface area contributed by atoms with Crippen LogP contribution in [0, 0.1) is 0 Å². The first-order valence-corrected chi connectivity index (χ1v) is 8.82. The lowest BCUT2D eigenvalue weighted by atomic mass is 10.3. The zero-order valence-corrected chi connectivity index (χ0v) is 12.9. The first kappa shape index (κ1) is 18.4. The molecule has 2 rings (SSSR count). The molecule has 0 radical (unpaired) electrons. The number of para-hydroxylation sites is 2. The minimum Gasteiger partial charge on any atom is -0.395 e. The molecule has 0 saturated heterocycles. The first-order valence-electron chi connectivity index (χ1n) is 5.76. The first-order chi connectivity index (χ1) is 10.2. The maximum Gasteiger partial charge on any atom is 0.584 e. The van der Waals surface area contributed by atoms with Crippen LogP contribution >= 0.6 is 15.6 Å². The molecule has 0 amide bonds. The van der Waals surface area contributed by atoms with Crippen LogP contribution in [-0.2, 0) is 9.13 Å². The summed E-state index contributed by atoms with van der Waals surface area (Å²) in [7, 11) is -8.78. The maximum atomic E-state index is 11.7. The van der Waals surface area contributed by atoms with E-state index in [4.69, 9.17) is 28.3 Å². The molecule has 0 atom stereocenters. The standard InChI is InChI=1S/C12H11O4P.H3O4P/c13-17(14,15-11-7-3-1-4-8-11)16-12-9-5-2-6-10-12;1-5(2,3)4/h1-10H,(H,13,14);(H3,1,2,3,4). The molecule has 10 heteroatoms. The maximum absolute atomic E-state index is 11.7. The number of phosphoric acid groups is 2. The SMILES string of the molecule is O=P(O)(O)O.O=P(O)(Oc1ccccc1)Oc1ccccc1. The van der Waals surface area contributed by atoms with Crippen LogP contribution in [-0.4, -0.2) is 19.6 Å². The van der Waals surface area contributed by atoms with Crippen LogP contribution in [0.25, 0.3) is 0 Å². The van der Waals surface area contributed by atoms with E-state index in [1.807, 2.05) is 0 Å². The normalized spacial score (nSPS) is 11.1. The summed E-state index contributed by atoms with van der Waals surface area (Å²) in [6.45, 7) is 0. The van der Waals surface area contributed by atoms with Gasteiger partial charge in [-0.05, 0) is 24.3 Å². The second-order valence-corrected chi connectivity index (χ2v) is 6.12. The largest absolute Gasteiger partial charge is 0.584 e. The van der Waals surface area contributed by atoms with Crippen LogP contribution in [0.15, 0.2) is 60.7 Å². The van der Waals surface area contributed by atoms with Crippen molar-refractivity contribution in [3.05, 3.63) is 60.7 Å². The molecule has 0 saturated carbocycles. The van der Waals surface area contributed by atoms with E-state index in [2.05, 4.69) is 0 Å². The van der Waals surface area contributed by atoms with E-state index in [0.29, 0.717) is 0 Å². The van der Waals surface area contributed by atoms with Gasteiger partial charge in [-0.15, -0.1) is 0 Å². The molecule has 2 aromatic carbocycles. The van der Waals surface area contributed by atoms with Crippen LogP contribution in [0.1, 0.15) is 0 Å². The van der Waals surface area contributed by atoms with Crippen molar-refractivity contribution in [3.8, 4) is 11.5 Å². The van der Waals surface area contributed by atoms with Gasteiger partial charge in [0.15, 0.2) is 0 Å². The predicted molar refractivity (Wildman–Crippen MR) is 78.2 cm³/mol. The molecular weight excluding hydrogens is 334 g/mol. The van der Waals surface area contributed by atoms with E-state index < -0.39 is 15.6 Å². The summed E-state index contributed by atoms with van der Waals surface area (Å²) < 4.78 is 30.3. The molecule has 2 aromatic rings. The molecule has 22 heavy (non-hydrogen) atoms. The zero-order chi connectivity index (χ0) is 16.6. The topological polar surface area (TPSA) is 134 Å². The van der Waals surface area contributed by atoms with Crippen molar-refractivity contribution in [1.29, 1.82) is 0 Å². The van der Waals surface area contributed by atoms with Crippen molar-refractivity contribution >= 4 is 15.6 Å². The Morgan fingerprint density at radius 3 is 1.18 bits per heavy atom. The summed E-state index contributed by atoms with van der Waals surface area (Å²) in [6.07, 6.45) is 0. The minimum absolute atomic E-state index is 0.286. The Balaban J connectivity index is 0.000000422. The highest BCUT2D eigenvalue weighted by Gasteiger charge is 2.24. The molecule has 4 N–H and O–H groups in total. The van der Waals surface area contributed by atoms with Crippen LogP contribution in [0.4, 0.5) is 0 Å². The van der Waals surface area contributed by atoms with Gasteiger partial charge < -0.3 is 23.7 Å². The van der Waals surface area contributed by atoms with E-state index in [-0.39, 0.29) is 11.5 Å². The van der Waals surface area contributed by atoms with Gasteiger partial charge >= 0.3 is 15.6 Å². The second kappa shape index (κ2) is 8.10. The molecule has 0 heterocycles. The van der Waals surface area contributed by atoms with Crippen LogP contribution in [0.3, 0.4) is 0 Å². The van der Waals surface area contributed by atoms with Crippen LogP contribution in [0.5, 0.6) is 11.5 Å². The van der Waals surface area contributed by atoms with Gasteiger partial charge in [0, 0.05) is 0 Å². The van der Waals surface area contributed by atoms with Crippen molar-refractivity contribution in [2.24, 2.45) is 0 Å². The van der Waals surface area contributed by atoms with E-state index in [0.717, 1.165) is 0 Å². The Morgan fingerprint density at radius 2 is 0.909 bits per heavy atom. The molecule has 0 spiro atoms. The third kappa shape index (κ3) is 9.31. The quantitative estimate of drug-likeness (QED) is 0.619. The lowest BCUT2D eigenvalue weighted by molar-refractivity contribution is 0.275. The average molecular weight is 348 g/mol. The van der Waals surface area contributed by atoms with Crippen LogP contribution in [0.2, 0.25) is 0 Å². The Morgan fingerprint density at radius 1 is 0.636 bits per heavy atom. The number of hydrogen-bond donors (Lipinski definition) is 4. The molecule has 0 aromatic heterocycles. The lowest BCUT2D eigenvalue weighted by Crippen LogP contribution is -1.99. The summed E-state index contributed by atoms with van der Waals surface area (Å²) in [6, 6.07) is 16.7. The molecule has 0 aliphatic rings.